The van der Waals surface area contributed by atoms with Gasteiger partial charge >= 0.3 is 0 Å². The van der Waals surface area contributed by atoms with E-state index in [4.69, 9.17) is 4.74 Å². The Morgan fingerprint density at radius 1 is 1.55 bits per heavy atom. The lowest BCUT2D eigenvalue weighted by Crippen LogP contribution is -2.39. The molecule has 2 aliphatic rings. The van der Waals surface area contributed by atoms with Gasteiger partial charge < -0.3 is 15.4 Å². The number of thiophene rings is 1. The van der Waals surface area contributed by atoms with Crippen LogP contribution in [0.3, 0.4) is 0 Å². The van der Waals surface area contributed by atoms with E-state index in [0.717, 1.165) is 39.1 Å². The van der Waals surface area contributed by atoms with Crippen LogP contribution in [0.15, 0.2) is 17.5 Å². The number of hydrogen-bond donors (Lipinski definition) is 2. The molecule has 1 aromatic rings. The van der Waals surface area contributed by atoms with Gasteiger partial charge in [-0.25, -0.2) is 0 Å². The lowest BCUT2D eigenvalue weighted by atomic mass is 9.84. The van der Waals surface area contributed by atoms with E-state index < -0.39 is 0 Å². The SMILES string of the molecule is O=C(C[C@@H]1OC[C@H]2CNCC[C@H]21)NCCc1cccs1. The number of carbonyl (C=O) groups excluding carboxylic acids is 1. The number of fused-ring (bicyclic) bond motifs is 1. The Morgan fingerprint density at radius 2 is 2.50 bits per heavy atom. The molecular weight excluding hydrogens is 272 g/mol. The summed E-state index contributed by atoms with van der Waals surface area (Å²) < 4.78 is 5.82. The molecule has 0 bridgehead atoms. The van der Waals surface area contributed by atoms with Gasteiger partial charge in [0.25, 0.3) is 0 Å². The maximum absolute atomic E-state index is 12.0. The Bertz CT molecular complexity index is 435. The molecule has 0 aromatic carbocycles. The van der Waals surface area contributed by atoms with Gasteiger partial charge in [0, 0.05) is 23.9 Å². The highest BCUT2D eigenvalue weighted by Gasteiger charge is 2.39. The van der Waals surface area contributed by atoms with E-state index in [-0.39, 0.29) is 12.0 Å². The van der Waals surface area contributed by atoms with Crippen molar-refractivity contribution in [3.63, 3.8) is 0 Å². The first-order chi connectivity index (χ1) is 9.83. The third kappa shape index (κ3) is 3.40. The molecule has 2 aliphatic heterocycles. The minimum Gasteiger partial charge on any atom is -0.377 e. The maximum atomic E-state index is 12.0. The number of amides is 1. The van der Waals surface area contributed by atoms with Crippen molar-refractivity contribution in [3.8, 4) is 0 Å². The number of ether oxygens (including phenoxy) is 1. The first-order valence-corrected chi connectivity index (χ1v) is 8.32. The van der Waals surface area contributed by atoms with Crippen LogP contribution in [0.4, 0.5) is 0 Å². The van der Waals surface area contributed by atoms with Crippen LogP contribution in [0, 0.1) is 11.8 Å². The quantitative estimate of drug-likeness (QED) is 0.863. The lowest BCUT2D eigenvalue weighted by molar-refractivity contribution is -0.123. The zero-order valence-corrected chi connectivity index (χ0v) is 12.5. The summed E-state index contributed by atoms with van der Waals surface area (Å²) in [5, 5.41) is 8.49. The van der Waals surface area contributed by atoms with E-state index in [0.29, 0.717) is 18.3 Å². The van der Waals surface area contributed by atoms with Gasteiger partial charge in [-0.1, -0.05) is 6.07 Å². The molecule has 20 heavy (non-hydrogen) atoms. The van der Waals surface area contributed by atoms with Gasteiger partial charge in [-0.2, -0.15) is 0 Å². The summed E-state index contributed by atoms with van der Waals surface area (Å²) in [5.41, 5.74) is 0. The Kier molecular flexibility index (Phi) is 4.70. The van der Waals surface area contributed by atoms with E-state index in [1.807, 2.05) is 6.07 Å². The molecule has 5 heteroatoms. The van der Waals surface area contributed by atoms with Gasteiger partial charge in [-0.05, 0) is 36.8 Å². The second-order valence-electron chi connectivity index (χ2n) is 5.67. The highest BCUT2D eigenvalue weighted by atomic mass is 32.1. The Morgan fingerprint density at radius 3 is 3.35 bits per heavy atom. The van der Waals surface area contributed by atoms with Crippen molar-refractivity contribution in [3.05, 3.63) is 22.4 Å². The molecular formula is C15H22N2O2S. The predicted octanol–water partition coefficient (Wildman–Crippen LogP) is 1.42. The molecule has 3 heterocycles. The van der Waals surface area contributed by atoms with Crippen molar-refractivity contribution in [2.24, 2.45) is 11.8 Å². The van der Waals surface area contributed by atoms with Gasteiger partial charge in [0.2, 0.25) is 5.91 Å². The van der Waals surface area contributed by atoms with E-state index in [1.165, 1.54) is 4.88 Å². The molecule has 2 saturated heterocycles. The third-order valence-electron chi connectivity index (χ3n) is 4.33. The van der Waals surface area contributed by atoms with E-state index >= 15 is 0 Å². The predicted molar refractivity (Wildman–Crippen MR) is 79.9 cm³/mol. The standard InChI is InChI=1S/C15H22N2O2S/c18-15(17-6-3-12-2-1-7-20-12)8-14-13-4-5-16-9-11(13)10-19-14/h1-2,7,11,13-14,16H,3-6,8-10H2,(H,17,18)/t11-,13-,14+/m1/s1. The van der Waals surface area contributed by atoms with E-state index in [1.54, 1.807) is 11.3 Å². The summed E-state index contributed by atoms with van der Waals surface area (Å²) in [7, 11) is 0. The normalized spacial score (nSPS) is 29.1. The fourth-order valence-electron chi connectivity index (χ4n) is 3.23. The van der Waals surface area contributed by atoms with Crippen LogP contribution in [0.5, 0.6) is 0 Å². The van der Waals surface area contributed by atoms with Gasteiger partial charge in [0.15, 0.2) is 0 Å². The van der Waals surface area contributed by atoms with Gasteiger partial charge in [-0.3, -0.25) is 4.79 Å². The summed E-state index contributed by atoms with van der Waals surface area (Å²) in [4.78, 5) is 13.3. The summed E-state index contributed by atoms with van der Waals surface area (Å²) >= 11 is 1.74. The molecule has 0 aliphatic carbocycles. The van der Waals surface area contributed by atoms with Crippen molar-refractivity contribution < 1.29 is 9.53 Å². The van der Waals surface area contributed by atoms with Gasteiger partial charge in [-0.15, -0.1) is 11.3 Å². The zero-order chi connectivity index (χ0) is 13.8. The lowest BCUT2D eigenvalue weighted by Gasteiger charge is -2.27. The Balaban J connectivity index is 1.40. The second-order valence-corrected chi connectivity index (χ2v) is 6.70. The minimum atomic E-state index is 0.129. The fourth-order valence-corrected chi connectivity index (χ4v) is 3.94. The van der Waals surface area contributed by atoms with Crippen molar-refractivity contribution in [2.75, 3.05) is 26.2 Å². The molecule has 0 radical (unpaired) electrons. The van der Waals surface area contributed by atoms with E-state index in [2.05, 4.69) is 22.1 Å². The highest BCUT2D eigenvalue weighted by Crippen LogP contribution is 2.33. The average Bonchev–Trinajstić information content (AvgIpc) is 3.09. The van der Waals surface area contributed by atoms with Crippen LogP contribution in [-0.4, -0.2) is 38.3 Å². The molecule has 3 atom stereocenters. The monoisotopic (exact) mass is 294 g/mol. The molecule has 4 nitrogen and oxygen atoms in total. The van der Waals surface area contributed by atoms with Crippen LogP contribution >= 0.6 is 11.3 Å². The first-order valence-electron chi connectivity index (χ1n) is 7.44. The smallest absolute Gasteiger partial charge is 0.222 e. The largest absolute Gasteiger partial charge is 0.377 e. The van der Waals surface area contributed by atoms with Crippen LogP contribution in [-0.2, 0) is 16.0 Å². The topological polar surface area (TPSA) is 50.4 Å². The van der Waals surface area contributed by atoms with Crippen molar-refractivity contribution in [2.45, 2.75) is 25.4 Å². The second kappa shape index (κ2) is 6.70. The van der Waals surface area contributed by atoms with Crippen LogP contribution < -0.4 is 10.6 Å². The minimum absolute atomic E-state index is 0.129. The first kappa shape index (κ1) is 14.0. The molecule has 2 N–H and O–H groups in total. The number of hydrogen-bond acceptors (Lipinski definition) is 4. The summed E-state index contributed by atoms with van der Waals surface area (Å²) in [6, 6.07) is 4.15. The summed E-state index contributed by atoms with van der Waals surface area (Å²) in [5.74, 6) is 1.30. The number of piperidine rings is 1. The van der Waals surface area contributed by atoms with Gasteiger partial charge in [0.1, 0.15) is 0 Å². The molecule has 2 fully saturated rings. The summed E-state index contributed by atoms with van der Waals surface area (Å²) in [6.45, 7) is 3.63. The highest BCUT2D eigenvalue weighted by molar-refractivity contribution is 7.09. The fraction of sp³-hybridized carbons (Fsp3) is 0.667. The third-order valence-corrected chi connectivity index (χ3v) is 5.26. The van der Waals surface area contributed by atoms with Crippen LogP contribution in [0.1, 0.15) is 17.7 Å². The van der Waals surface area contributed by atoms with Crippen molar-refractivity contribution >= 4 is 17.2 Å². The molecule has 0 saturated carbocycles. The summed E-state index contributed by atoms with van der Waals surface area (Å²) in [6.07, 6.45) is 2.71. The molecule has 1 aromatic heterocycles. The maximum Gasteiger partial charge on any atom is 0.222 e. The Hall–Kier alpha value is -0.910. The average molecular weight is 294 g/mol. The van der Waals surface area contributed by atoms with Crippen molar-refractivity contribution in [1.82, 2.24) is 10.6 Å². The molecule has 110 valence electrons. The zero-order valence-electron chi connectivity index (χ0n) is 11.6. The van der Waals surface area contributed by atoms with Crippen molar-refractivity contribution in [1.29, 1.82) is 0 Å². The number of carbonyl (C=O) groups is 1. The van der Waals surface area contributed by atoms with Crippen LogP contribution in [0.25, 0.3) is 0 Å². The molecule has 0 spiro atoms. The number of rotatable bonds is 5. The molecule has 0 unspecified atom stereocenters. The van der Waals surface area contributed by atoms with E-state index in [9.17, 15) is 4.79 Å². The molecule has 1 amide bonds. The number of nitrogens with one attached hydrogen (secondary N) is 2. The van der Waals surface area contributed by atoms with Crippen LogP contribution in [0.2, 0.25) is 0 Å². The van der Waals surface area contributed by atoms with Gasteiger partial charge in [0.05, 0.1) is 19.1 Å². The molecule has 3 rings (SSSR count). The Labute approximate surface area is 123 Å².